The van der Waals surface area contributed by atoms with Crippen LogP contribution in [-0.2, 0) is 9.59 Å². The molecule has 0 aromatic carbocycles. The first-order valence-electron chi connectivity index (χ1n) is 9.22. The van der Waals surface area contributed by atoms with Gasteiger partial charge in [-0.25, -0.2) is 0 Å². The molecule has 0 bridgehead atoms. The fraction of sp³-hybridized carbons (Fsp3) is 0.526. The monoisotopic (exact) mass is 408 g/mol. The standard InChI is InChI=1S/C19H24N2O2S3/c22-17(20-14-7-3-4-8-14)10-2-1-5-11-21-18(23)16(26-19(21)24)13-15-9-6-12-25-15/h6,9,12-14H,1-5,7-8,10-11H2,(H,20,22)/b16-13+. The van der Waals surface area contributed by atoms with Crippen LogP contribution < -0.4 is 5.32 Å². The average molecular weight is 409 g/mol. The summed E-state index contributed by atoms with van der Waals surface area (Å²) in [5.74, 6) is 0.175. The molecule has 1 aliphatic heterocycles. The minimum absolute atomic E-state index is 0.00683. The molecule has 1 aliphatic carbocycles. The molecule has 2 aliphatic rings. The van der Waals surface area contributed by atoms with Crippen LogP contribution in [0.15, 0.2) is 22.4 Å². The van der Waals surface area contributed by atoms with Gasteiger partial charge in [-0.2, -0.15) is 0 Å². The molecule has 1 aromatic rings. The third kappa shape index (κ3) is 5.41. The summed E-state index contributed by atoms with van der Waals surface area (Å²) in [7, 11) is 0. The number of hydrogen-bond donors (Lipinski definition) is 1. The first-order valence-corrected chi connectivity index (χ1v) is 11.3. The van der Waals surface area contributed by atoms with Gasteiger partial charge in [0.25, 0.3) is 5.91 Å². The zero-order chi connectivity index (χ0) is 18.4. The van der Waals surface area contributed by atoms with Gasteiger partial charge in [-0.15, -0.1) is 11.3 Å². The molecule has 7 heteroatoms. The van der Waals surface area contributed by atoms with Gasteiger partial charge in [-0.05, 0) is 43.2 Å². The predicted octanol–water partition coefficient (Wildman–Crippen LogP) is 4.57. The van der Waals surface area contributed by atoms with E-state index in [1.54, 1.807) is 16.2 Å². The molecule has 26 heavy (non-hydrogen) atoms. The molecule has 0 radical (unpaired) electrons. The first kappa shape index (κ1) is 19.6. The number of unbranched alkanes of at least 4 members (excludes halogenated alkanes) is 2. The van der Waals surface area contributed by atoms with Crippen LogP contribution in [0.5, 0.6) is 0 Å². The van der Waals surface area contributed by atoms with Crippen LogP contribution in [0.4, 0.5) is 0 Å². The van der Waals surface area contributed by atoms with E-state index in [-0.39, 0.29) is 11.8 Å². The van der Waals surface area contributed by atoms with Crippen LogP contribution in [-0.4, -0.2) is 33.6 Å². The molecule has 2 amide bonds. The predicted molar refractivity (Wildman–Crippen MR) is 113 cm³/mol. The maximum atomic E-state index is 12.5. The molecule has 2 heterocycles. The third-order valence-electron chi connectivity index (χ3n) is 4.70. The first-order chi connectivity index (χ1) is 12.6. The second-order valence-electron chi connectivity index (χ2n) is 6.71. The highest BCUT2D eigenvalue weighted by Crippen LogP contribution is 2.33. The van der Waals surface area contributed by atoms with Crippen molar-refractivity contribution in [3.63, 3.8) is 0 Å². The Morgan fingerprint density at radius 3 is 2.85 bits per heavy atom. The molecular formula is C19H24N2O2S3. The lowest BCUT2D eigenvalue weighted by atomic mass is 10.1. The van der Waals surface area contributed by atoms with Gasteiger partial charge < -0.3 is 5.32 Å². The summed E-state index contributed by atoms with van der Waals surface area (Å²) in [6, 6.07) is 4.36. The number of carbonyl (C=O) groups is 2. The zero-order valence-corrected chi connectivity index (χ0v) is 17.2. The zero-order valence-electron chi connectivity index (χ0n) is 14.7. The summed E-state index contributed by atoms with van der Waals surface area (Å²) >= 11 is 8.35. The van der Waals surface area contributed by atoms with E-state index in [0.717, 1.165) is 37.0 Å². The van der Waals surface area contributed by atoms with E-state index in [1.807, 2.05) is 23.6 Å². The van der Waals surface area contributed by atoms with Gasteiger partial charge >= 0.3 is 0 Å². The van der Waals surface area contributed by atoms with Crippen LogP contribution in [0.3, 0.4) is 0 Å². The Bertz CT molecular complexity index is 679. The molecular weight excluding hydrogens is 384 g/mol. The van der Waals surface area contributed by atoms with Gasteiger partial charge in [-0.1, -0.05) is 49.3 Å². The number of nitrogens with one attached hydrogen (secondary N) is 1. The Morgan fingerprint density at radius 1 is 1.31 bits per heavy atom. The maximum Gasteiger partial charge on any atom is 0.266 e. The summed E-state index contributed by atoms with van der Waals surface area (Å²) in [6.07, 6.45) is 9.86. The van der Waals surface area contributed by atoms with E-state index in [1.165, 1.54) is 24.6 Å². The second-order valence-corrected chi connectivity index (χ2v) is 9.36. The van der Waals surface area contributed by atoms with Crippen molar-refractivity contribution >= 4 is 57.5 Å². The van der Waals surface area contributed by atoms with E-state index in [2.05, 4.69) is 5.32 Å². The van der Waals surface area contributed by atoms with Gasteiger partial charge in [0.2, 0.25) is 5.91 Å². The summed E-state index contributed by atoms with van der Waals surface area (Å²) in [4.78, 5) is 27.9. The van der Waals surface area contributed by atoms with E-state index in [9.17, 15) is 9.59 Å². The molecule has 140 valence electrons. The van der Waals surface area contributed by atoms with Gasteiger partial charge in [-0.3, -0.25) is 14.5 Å². The molecule has 0 unspecified atom stereocenters. The molecule has 1 aromatic heterocycles. The fourth-order valence-electron chi connectivity index (χ4n) is 3.30. The van der Waals surface area contributed by atoms with Crippen LogP contribution in [0.1, 0.15) is 56.2 Å². The van der Waals surface area contributed by atoms with Crippen molar-refractivity contribution in [2.75, 3.05) is 6.54 Å². The molecule has 0 spiro atoms. The van der Waals surface area contributed by atoms with E-state index < -0.39 is 0 Å². The lowest BCUT2D eigenvalue weighted by Crippen LogP contribution is -2.32. The number of carbonyl (C=O) groups excluding carboxylic acids is 2. The number of thiocarbonyl (C=S) groups is 1. The molecule has 1 saturated carbocycles. The lowest BCUT2D eigenvalue weighted by molar-refractivity contribution is -0.123. The highest BCUT2D eigenvalue weighted by atomic mass is 32.2. The Balaban J connectivity index is 1.36. The van der Waals surface area contributed by atoms with Crippen LogP contribution in [0, 0.1) is 0 Å². The van der Waals surface area contributed by atoms with Crippen molar-refractivity contribution in [2.24, 2.45) is 0 Å². The van der Waals surface area contributed by atoms with Crippen molar-refractivity contribution in [1.82, 2.24) is 10.2 Å². The topological polar surface area (TPSA) is 49.4 Å². The number of hydrogen-bond acceptors (Lipinski definition) is 5. The summed E-state index contributed by atoms with van der Waals surface area (Å²) in [6.45, 7) is 0.636. The number of thiophene rings is 1. The van der Waals surface area contributed by atoms with Crippen molar-refractivity contribution < 1.29 is 9.59 Å². The largest absolute Gasteiger partial charge is 0.353 e. The van der Waals surface area contributed by atoms with Crippen molar-refractivity contribution in [1.29, 1.82) is 0 Å². The Labute approximate surface area is 168 Å². The van der Waals surface area contributed by atoms with Crippen molar-refractivity contribution in [3.8, 4) is 0 Å². The number of amides is 2. The Kier molecular flexibility index (Phi) is 7.28. The Hall–Kier alpha value is -1.18. The minimum Gasteiger partial charge on any atom is -0.353 e. The van der Waals surface area contributed by atoms with Gasteiger partial charge in [0.15, 0.2) is 0 Å². The van der Waals surface area contributed by atoms with Crippen LogP contribution in [0.2, 0.25) is 0 Å². The third-order valence-corrected chi connectivity index (χ3v) is 6.89. The summed E-state index contributed by atoms with van der Waals surface area (Å²) < 4.78 is 0.636. The molecule has 2 fully saturated rings. The van der Waals surface area contributed by atoms with E-state index >= 15 is 0 Å². The van der Waals surface area contributed by atoms with E-state index in [0.29, 0.717) is 28.2 Å². The highest BCUT2D eigenvalue weighted by molar-refractivity contribution is 8.26. The lowest BCUT2D eigenvalue weighted by Gasteiger charge is -2.14. The van der Waals surface area contributed by atoms with Crippen molar-refractivity contribution in [2.45, 2.75) is 57.4 Å². The highest BCUT2D eigenvalue weighted by Gasteiger charge is 2.31. The second kappa shape index (κ2) is 9.67. The molecule has 3 rings (SSSR count). The number of nitrogens with zero attached hydrogens (tertiary/aromatic N) is 1. The average Bonchev–Trinajstić information content (AvgIpc) is 3.34. The molecule has 4 nitrogen and oxygen atoms in total. The number of thioether (sulfide) groups is 1. The molecule has 1 saturated heterocycles. The van der Waals surface area contributed by atoms with E-state index in [4.69, 9.17) is 12.2 Å². The summed E-state index contributed by atoms with van der Waals surface area (Å²) in [5.41, 5.74) is 0. The fourth-order valence-corrected chi connectivity index (χ4v) is 5.33. The maximum absolute atomic E-state index is 12.5. The summed E-state index contributed by atoms with van der Waals surface area (Å²) in [5, 5.41) is 5.11. The van der Waals surface area contributed by atoms with Crippen molar-refractivity contribution in [3.05, 3.63) is 27.3 Å². The van der Waals surface area contributed by atoms with Crippen LogP contribution >= 0.6 is 35.3 Å². The minimum atomic E-state index is 0.00683. The number of rotatable bonds is 8. The van der Waals surface area contributed by atoms with Gasteiger partial charge in [0.1, 0.15) is 4.32 Å². The van der Waals surface area contributed by atoms with Crippen LogP contribution in [0.25, 0.3) is 6.08 Å². The SMILES string of the molecule is O=C(CCCCCN1C(=O)/C(=C\c2cccs2)SC1=S)NC1CCCC1. The quantitative estimate of drug-likeness (QED) is 0.389. The molecule has 1 N–H and O–H groups in total. The van der Waals surface area contributed by atoms with Gasteiger partial charge in [0.05, 0.1) is 4.91 Å². The normalized spacial score (nSPS) is 19.7. The van der Waals surface area contributed by atoms with Gasteiger partial charge in [0, 0.05) is 23.9 Å². The molecule has 0 atom stereocenters. The smallest absolute Gasteiger partial charge is 0.266 e. The Morgan fingerprint density at radius 2 is 2.12 bits per heavy atom.